The van der Waals surface area contributed by atoms with Gasteiger partial charge in [-0.1, -0.05) is 49.6 Å². The Labute approximate surface area is 192 Å². The molecule has 1 saturated heterocycles. The minimum atomic E-state index is -0.592. The first-order valence-electron chi connectivity index (χ1n) is 10.1. The summed E-state index contributed by atoms with van der Waals surface area (Å²) in [5.74, 6) is -1.51. The number of ketones is 1. The molecule has 2 amide bonds. The van der Waals surface area contributed by atoms with Crippen LogP contribution in [0.1, 0.15) is 34.3 Å². The van der Waals surface area contributed by atoms with Crippen molar-refractivity contribution >= 4 is 55.4 Å². The summed E-state index contributed by atoms with van der Waals surface area (Å²) in [6, 6.07) is 5.54. The summed E-state index contributed by atoms with van der Waals surface area (Å²) in [6.07, 6.45) is 0.761. The Morgan fingerprint density at radius 2 is 1.67 bits per heavy atom. The summed E-state index contributed by atoms with van der Waals surface area (Å²) in [5.41, 5.74) is 2.31. The number of Topliss-reactive ketones (excluding diaryl/α,β-unsaturated/α-hetero) is 1. The van der Waals surface area contributed by atoms with Gasteiger partial charge in [-0.15, -0.1) is 0 Å². The fraction of sp³-hybridized carbons (Fsp3) is 0.545. The Bertz CT molecular complexity index is 900. The first kappa shape index (κ1) is 21.7. The number of carbonyl (C=O) groups excluding carboxylic acids is 4. The van der Waals surface area contributed by atoms with Crippen LogP contribution in [0.2, 0.25) is 0 Å². The zero-order valence-corrected chi connectivity index (χ0v) is 19.9. The summed E-state index contributed by atoms with van der Waals surface area (Å²) in [6.45, 7) is 3.37. The molecular formula is C22H23Br2NO5. The van der Waals surface area contributed by atoms with Gasteiger partial charge in [0.05, 0.1) is 18.3 Å². The van der Waals surface area contributed by atoms with Crippen molar-refractivity contribution in [2.45, 2.75) is 36.3 Å². The molecule has 6 nitrogen and oxygen atoms in total. The maximum atomic E-state index is 12.8. The summed E-state index contributed by atoms with van der Waals surface area (Å²) < 4.78 is 5.11. The Kier molecular flexibility index (Phi) is 5.92. The molecule has 6 atom stereocenters. The monoisotopic (exact) mass is 539 g/mol. The van der Waals surface area contributed by atoms with Gasteiger partial charge in [0.15, 0.2) is 6.61 Å². The lowest BCUT2D eigenvalue weighted by Crippen LogP contribution is -2.37. The number of carbonyl (C=O) groups is 4. The van der Waals surface area contributed by atoms with E-state index >= 15 is 0 Å². The van der Waals surface area contributed by atoms with Crippen molar-refractivity contribution in [3.63, 3.8) is 0 Å². The third-order valence-electron chi connectivity index (χ3n) is 6.68. The molecule has 30 heavy (non-hydrogen) atoms. The predicted molar refractivity (Wildman–Crippen MR) is 117 cm³/mol. The average molecular weight is 541 g/mol. The first-order chi connectivity index (χ1) is 14.2. The van der Waals surface area contributed by atoms with Crippen molar-refractivity contribution in [2.75, 3.05) is 13.2 Å². The number of hydrogen-bond donors (Lipinski definition) is 0. The molecule has 2 saturated carbocycles. The Morgan fingerprint density at radius 1 is 1.07 bits per heavy atom. The largest absolute Gasteiger partial charge is 0.457 e. The van der Waals surface area contributed by atoms with Crippen molar-refractivity contribution in [1.29, 1.82) is 0 Å². The van der Waals surface area contributed by atoms with Crippen LogP contribution in [0.15, 0.2) is 18.2 Å². The van der Waals surface area contributed by atoms with Crippen LogP contribution in [0.3, 0.4) is 0 Å². The second-order valence-corrected chi connectivity index (χ2v) is 10.6. The second kappa shape index (κ2) is 8.19. The van der Waals surface area contributed by atoms with Crippen LogP contribution in [0, 0.1) is 37.5 Å². The predicted octanol–water partition coefficient (Wildman–Crippen LogP) is 3.20. The van der Waals surface area contributed by atoms with Crippen LogP contribution in [-0.4, -0.2) is 51.3 Å². The van der Waals surface area contributed by atoms with Crippen molar-refractivity contribution in [3.8, 4) is 0 Å². The number of ether oxygens (including phenoxy) is 1. The molecule has 3 fully saturated rings. The highest BCUT2D eigenvalue weighted by Gasteiger charge is 2.66. The van der Waals surface area contributed by atoms with E-state index in [-0.39, 0.29) is 70.5 Å². The van der Waals surface area contributed by atoms with Crippen LogP contribution in [0.25, 0.3) is 0 Å². The van der Waals surface area contributed by atoms with Crippen LogP contribution in [0.5, 0.6) is 0 Å². The van der Waals surface area contributed by atoms with E-state index in [0.29, 0.717) is 5.56 Å². The molecule has 1 aromatic carbocycles. The lowest BCUT2D eigenvalue weighted by molar-refractivity contribution is -0.145. The number of likely N-dealkylation sites (tertiary alicyclic amines) is 1. The van der Waals surface area contributed by atoms with E-state index in [9.17, 15) is 19.2 Å². The highest BCUT2D eigenvalue weighted by molar-refractivity contribution is 9.12. The molecular weight excluding hydrogens is 518 g/mol. The van der Waals surface area contributed by atoms with Gasteiger partial charge in [0, 0.05) is 21.8 Å². The second-order valence-electron chi connectivity index (χ2n) is 8.48. The van der Waals surface area contributed by atoms with E-state index in [1.165, 1.54) is 4.90 Å². The number of nitrogens with zero attached hydrogens (tertiary/aromatic N) is 1. The fourth-order valence-corrected chi connectivity index (χ4v) is 7.04. The number of imide groups is 1. The summed E-state index contributed by atoms with van der Waals surface area (Å²) in [7, 11) is 0. The highest BCUT2D eigenvalue weighted by atomic mass is 79.9. The van der Waals surface area contributed by atoms with Crippen molar-refractivity contribution in [3.05, 3.63) is 34.9 Å². The number of aryl methyl sites for hydroxylation is 2. The van der Waals surface area contributed by atoms with Gasteiger partial charge < -0.3 is 4.74 Å². The molecule has 3 aliphatic rings. The molecule has 0 spiro atoms. The van der Waals surface area contributed by atoms with Gasteiger partial charge in [-0.05, 0) is 43.7 Å². The van der Waals surface area contributed by atoms with Crippen LogP contribution < -0.4 is 0 Å². The van der Waals surface area contributed by atoms with Crippen LogP contribution >= 0.6 is 31.9 Å². The Morgan fingerprint density at radius 3 is 2.27 bits per heavy atom. The quantitative estimate of drug-likeness (QED) is 0.239. The third kappa shape index (κ3) is 3.55. The van der Waals surface area contributed by atoms with E-state index in [2.05, 4.69) is 31.9 Å². The molecule has 0 radical (unpaired) electrons. The number of benzene rings is 1. The van der Waals surface area contributed by atoms with Gasteiger partial charge in [-0.2, -0.15) is 0 Å². The zero-order chi connectivity index (χ0) is 21.7. The van der Waals surface area contributed by atoms with Gasteiger partial charge in [0.1, 0.15) is 0 Å². The van der Waals surface area contributed by atoms with Gasteiger partial charge in [0.25, 0.3) is 0 Å². The molecule has 1 heterocycles. The molecule has 1 aromatic rings. The van der Waals surface area contributed by atoms with E-state index in [4.69, 9.17) is 4.74 Å². The molecule has 4 rings (SSSR count). The van der Waals surface area contributed by atoms with Crippen molar-refractivity contribution in [1.82, 2.24) is 4.90 Å². The molecule has 0 aromatic heterocycles. The van der Waals surface area contributed by atoms with E-state index in [1.54, 1.807) is 6.07 Å². The van der Waals surface area contributed by atoms with Gasteiger partial charge in [-0.3, -0.25) is 24.1 Å². The standard InChI is InChI=1S/C22H23Br2NO5/c1-10-3-4-11(2)12(7-10)15(26)9-30-16(27)5-6-25-21(28)17-13-8-14(18(17)22(25)29)20(24)19(13)23/h3-4,7,13-14,17-20H,5-6,8-9H2,1-2H3/t13-,14-,17-,18-,19-,20+/m1/s1. The topological polar surface area (TPSA) is 80.8 Å². The highest BCUT2D eigenvalue weighted by Crippen LogP contribution is 2.60. The maximum absolute atomic E-state index is 12.8. The first-order valence-corrected chi connectivity index (χ1v) is 11.9. The molecule has 0 unspecified atom stereocenters. The zero-order valence-electron chi connectivity index (χ0n) is 16.8. The van der Waals surface area contributed by atoms with Crippen LogP contribution in [-0.2, 0) is 19.1 Å². The molecule has 160 valence electrons. The Hall–Kier alpha value is -1.54. The molecule has 8 heteroatoms. The minimum Gasteiger partial charge on any atom is -0.457 e. The molecule has 2 aliphatic carbocycles. The SMILES string of the molecule is Cc1ccc(C)c(C(=O)COC(=O)CCN2C(=O)[C@@H]3[C@H]4C[C@@H]([C@@H](Br)[C@H]4Br)[C@H]3C2=O)c1. The number of hydrogen-bond acceptors (Lipinski definition) is 5. The average Bonchev–Trinajstić information content (AvgIpc) is 3.31. The van der Waals surface area contributed by atoms with Gasteiger partial charge >= 0.3 is 5.97 Å². The number of amides is 2. The number of alkyl halides is 2. The number of rotatable bonds is 6. The van der Waals surface area contributed by atoms with Crippen molar-refractivity contribution in [2.24, 2.45) is 23.7 Å². The molecule has 2 bridgehead atoms. The maximum Gasteiger partial charge on any atom is 0.308 e. The van der Waals surface area contributed by atoms with Gasteiger partial charge in [-0.25, -0.2) is 0 Å². The van der Waals surface area contributed by atoms with E-state index < -0.39 is 5.97 Å². The number of esters is 1. The molecule has 1 aliphatic heterocycles. The third-order valence-corrected chi connectivity index (χ3v) is 9.88. The number of halogens is 2. The van der Waals surface area contributed by atoms with E-state index in [0.717, 1.165) is 17.5 Å². The minimum absolute atomic E-state index is 0.000504. The lowest BCUT2D eigenvalue weighted by atomic mass is 9.81. The Balaban J connectivity index is 1.31. The lowest BCUT2D eigenvalue weighted by Gasteiger charge is -2.28. The summed E-state index contributed by atoms with van der Waals surface area (Å²) >= 11 is 7.31. The normalized spacial score (nSPS) is 31.9. The number of fused-ring (bicyclic) bond motifs is 5. The van der Waals surface area contributed by atoms with E-state index in [1.807, 2.05) is 26.0 Å². The van der Waals surface area contributed by atoms with Gasteiger partial charge in [0.2, 0.25) is 17.6 Å². The van der Waals surface area contributed by atoms with Crippen LogP contribution in [0.4, 0.5) is 0 Å². The smallest absolute Gasteiger partial charge is 0.308 e. The van der Waals surface area contributed by atoms with Crippen molar-refractivity contribution < 1.29 is 23.9 Å². The summed E-state index contributed by atoms with van der Waals surface area (Å²) in [4.78, 5) is 51.8. The summed E-state index contributed by atoms with van der Waals surface area (Å²) in [5, 5.41) is 0. The molecule has 0 N–H and O–H groups in total. The fourth-order valence-electron chi connectivity index (χ4n) is 5.17.